The lowest BCUT2D eigenvalue weighted by Crippen LogP contribution is -2.44. The highest BCUT2D eigenvalue weighted by Gasteiger charge is 2.27. The van der Waals surface area contributed by atoms with Gasteiger partial charge in [-0.05, 0) is 26.2 Å². The minimum absolute atomic E-state index is 0.159. The minimum atomic E-state index is -0.294. The lowest BCUT2D eigenvalue weighted by Gasteiger charge is -2.31. The third-order valence-corrected chi connectivity index (χ3v) is 3.33. The van der Waals surface area contributed by atoms with E-state index in [4.69, 9.17) is 4.74 Å². The van der Waals surface area contributed by atoms with E-state index in [-0.39, 0.29) is 12.0 Å². The van der Waals surface area contributed by atoms with Crippen molar-refractivity contribution < 1.29 is 9.53 Å². The number of likely N-dealkylation sites (tertiary alicyclic amines) is 1. The maximum absolute atomic E-state index is 12.1. The van der Waals surface area contributed by atoms with Gasteiger partial charge >= 0.3 is 0 Å². The van der Waals surface area contributed by atoms with E-state index in [1.165, 1.54) is 12.8 Å². The molecular formula is C12H23NO2. The van der Waals surface area contributed by atoms with Crippen LogP contribution in [0.25, 0.3) is 0 Å². The van der Waals surface area contributed by atoms with Crippen LogP contribution >= 0.6 is 0 Å². The highest BCUT2D eigenvalue weighted by molar-refractivity contribution is 5.80. The van der Waals surface area contributed by atoms with Gasteiger partial charge in [0.15, 0.2) is 0 Å². The summed E-state index contributed by atoms with van der Waals surface area (Å²) in [6, 6.07) is 0.428. The Morgan fingerprint density at radius 3 is 2.80 bits per heavy atom. The molecule has 3 nitrogen and oxygen atoms in total. The Bertz CT molecular complexity index is 206. The summed E-state index contributed by atoms with van der Waals surface area (Å²) in [5.41, 5.74) is 0. The molecule has 0 saturated carbocycles. The summed E-state index contributed by atoms with van der Waals surface area (Å²) in [5.74, 6) is 0.159. The van der Waals surface area contributed by atoms with Gasteiger partial charge < -0.3 is 9.64 Å². The smallest absolute Gasteiger partial charge is 0.251 e. The van der Waals surface area contributed by atoms with E-state index in [0.29, 0.717) is 6.04 Å². The zero-order chi connectivity index (χ0) is 11.3. The molecule has 0 aromatic carbocycles. The van der Waals surface area contributed by atoms with E-state index >= 15 is 0 Å². The van der Waals surface area contributed by atoms with Crippen LogP contribution in [-0.2, 0) is 9.53 Å². The lowest BCUT2D eigenvalue weighted by molar-refractivity contribution is -0.143. The lowest BCUT2D eigenvalue weighted by atomic mass is 10.1. The van der Waals surface area contributed by atoms with Crippen LogP contribution < -0.4 is 0 Å². The van der Waals surface area contributed by atoms with Gasteiger partial charge in [0.1, 0.15) is 6.10 Å². The molecule has 1 aliphatic rings. The summed E-state index contributed by atoms with van der Waals surface area (Å²) in [6.07, 6.45) is 5.56. The fourth-order valence-electron chi connectivity index (χ4n) is 2.23. The molecule has 0 aromatic heterocycles. The second-order valence-electron chi connectivity index (χ2n) is 4.32. The number of carbonyl (C=O) groups excluding carboxylic acids is 1. The molecule has 1 rings (SSSR count). The Hall–Kier alpha value is -0.570. The van der Waals surface area contributed by atoms with Crippen LogP contribution in [0.5, 0.6) is 0 Å². The first kappa shape index (κ1) is 12.5. The van der Waals surface area contributed by atoms with Crippen molar-refractivity contribution in [3.8, 4) is 0 Å². The molecule has 1 heterocycles. The Balaban J connectivity index is 2.65. The number of amides is 1. The fraction of sp³-hybridized carbons (Fsp3) is 0.917. The molecule has 88 valence electrons. The van der Waals surface area contributed by atoms with Gasteiger partial charge in [-0.25, -0.2) is 0 Å². The number of hydrogen-bond acceptors (Lipinski definition) is 2. The van der Waals surface area contributed by atoms with Gasteiger partial charge in [-0.3, -0.25) is 4.79 Å². The average molecular weight is 213 g/mol. The van der Waals surface area contributed by atoms with E-state index in [0.717, 1.165) is 25.8 Å². The number of methoxy groups -OCH3 is 1. The molecule has 0 bridgehead atoms. The van der Waals surface area contributed by atoms with Crippen molar-refractivity contribution in [1.82, 2.24) is 4.90 Å². The van der Waals surface area contributed by atoms with Crippen LogP contribution in [0.4, 0.5) is 0 Å². The van der Waals surface area contributed by atoms with Crippen molar-refractivity contribution in [3.05, 3.63) is 0 Å². The summed E-state index contributed by atoms with van der Waals surface area (Å²) in [5, 5.41) is 0. The topological polar surface area (TPSA) is 29.5 Å². The third kappa shape index (κ3) is 3.20. The van der Waals surface area contributed by atoms with Gasteiger partial charge in [0.05, 0.1) is 0 Å². The molecule has 0 aliphatic carbocycles. The molecule has 0 N–H and O–H groups in total. The zero-order valence-corrected chi connectivity index (χ0v) is 10.2. The molecule has 0 radical (unpaired) electrons. The quantitative estimate of drug-likeness (QED) is 0.719. The predicted octanol–water partition coefficient (Wildman–Crippen LogP) is 2.20. The Kier molecular flexibility index (Phi) is 5.09. The molecule has 1 saturated heterocycles. The van der Waals surface area contributed by atoms with E-state index in [2.05, 4.69) is 6.92 Å². The van der Waals surface area contributed by atoms with Crippen LogP contribution in [0, 0.1) is 0 Å². The molecule has 3 heteroatoms. The second kappa shape index (κ2) is 6.11. The van der Waals surface area contributed by atoms with Gasteiger partial charge in [-0.15, -0.1) is 0 Å². The van der Waals surface area contributed by atoms with Crippen LogP contribution in [0.2, 0.25) is 0 Å². The summed E-state index contributed by atoms with van der Waals surface area (Å²) in [4.78, 5) is 14.1. The standard InChI is InChI=1S/C12H23NO2/c1-4-11-8-6-5-7-9-13(11)12(14)10(2)15-3/h10-11H,4-9H2,1-3H3. The summed E-state index contributed by atoms with van der Waals surface area (Å²) >= 11 is 0. The molecule has 1 amide bonds. The maximum atomic E-state index is 12.1. The van der Waals surface area contributed by atoms with E-state index in [1.807, 2.05) is 11.8 Å². The molecule has 0 aromatic rings. The number of ether oxygens (including phenoxy) is 1. The number of nitrogens with zero attached hydrogens (tertiary/aromatic N) is 1. The molecule has 15 heavy (non-hydrogen) atoms. The van der Waals surface area contributed by atoms with E-state index in [1.54, 1.807) is 7.11 Å². The van der Waals surface area contributed by atoms with Crippen molar-refractivity contribution in [1.29, 1.82) is 0 Å². The largest absolute Gasteiger partial charge is 0.372 e. The van der Waals surface area contributed by atoms with Gasteiger partial charge in [-0.1, -0.05) is 19.8 Å². The molecule has 1 aliphatic heterocycles. The maximum Gasteiger partial charge on any atom is 0.251 e. The summed E-state index contributed by atoms with van der Waals surface area (Å²) in [6.45, 7) is 4.90. The number of carbonyl (C=O) groups is 1. The summed E-state index contributed by atoms with van der Waals surface area (Å²) in [7, 11) is 1.60. The van der Waals surface area contributed by atoms with Gasteiger partial charge in [0, 0.05) is 19.7 Å². The van der Waals surface area contributed by atoms with Crippen molar-refractivity contribution in [3.63, 3.8) is 0 Å². The molecule has 2 atom stereocenters. The normalized spacial score (nSPS) is 24.7. The van der Waals surface area contributed by atoms with Gasteiger partial charge in [0.25, 0.3) is 5.91 Å². The van der Waals surface area contributed by atoms with Gasteiger partial charge in [0.2, 0.25) is 0 Å². The monoisotopic (exact) mass is 213 g/mol. The third-order valence-electron chi connectivity index (χ3n) is 3.33. The Morgan fingerprint density at radius 1 is 1.47 bits per heavy atom. The van der Waals surface area contributed by atoms with Crippen molar-refractivity contribution in [2.75, 3.05) is 13.7 Å². The second-order valence-corrected chi connectivity index (χ2v) is 4.32. The van der Waals surface area contributed by atoms with Crippen LogP contribution in [0.15, 0.2) is 0 Å². The molecule has 0 spiro atoms. The Labute approximate surface area is 92.8 Å². The first-order valence-electron chi connectivity index (χ1n) is 6.04. The minimum Gasteiger partial charge on any atom is -0.372 e. The molecule has 1 fully saturated rings. The first-order chi connectivity index (χ1) is 7.20. The zero-order valence-electron chi connectivity index (χ0n) is 10.2. The number of rotatable bonds is 3. The van der Waals surface area contributed by atoms with Crippen LogP contribution in [0.3, 0.4) is 0 Å². The predicted molar refractivity (Wildman–Crippen MR) is 60.7 cm³/mol. The Morgan fingerprint density at radius 2 is 2.20 bits per heavy atom. The molecule has 2 unspecified atom stereocenters. The highest BCUT2D eigenvalue weighted by atomic mass is 16.5. The highest BCUT2D eigenvalue weighted by Crippen LogP contribution is 2.20. The van der Waals surface area contributed by atoms with Crippen LogP contribution in [0.1, 0.15) is 46.0 Å². The summed E-state index contributed by atoms with van der Waals surface area (Å²) < 4.78 is 5.11. The fourth-order valence-corrected chi connectivity index (χ4v) is 2.23. The van der Waals surface area contributed by atoms with Crippen LogP contribution in [-0.4, -0.2) is 36.6 Å². The average Bonchev–Trinajstić information content (AvgIpc) is 2.51. The van der Waals surface area contributed by atoms with Crippen molar-refractivity contribution in [2.45, 2.75) is 58.1 Å². The van der Waals surface area contributed by atoms with Crippen molar-refractivity contribution >= 4 is 5.91 Å². The van der Waals surface area contributed by atoms with E-state index < -0.39 is 0 Å². The van der Waals surface area contributed by atoms with Gasteiger partial charge in [-0.2, -0.15) is 0 Å². The van der Waals surface area contributed by atoms with Crippen molar-refractivity contribution in [2.24, 2.45) is 0 Å². The first-order valence-corrected chi connectivity index (χ1v) is 6.04. The van der Waals surface area contributed by atoms with E-state index in [9.17, 15) is 4.79 Å². The number of hydrogen-bond donors (Lipinski definition) is 0. The SMILES string of the molecule is CCC1CCCCCN1C(=O)C(C)OC. The molecular weight excluding hydrogens is 190 g/mol.